The van der Waals surface area contributed by atoms with Crippen molar-refractivity contribution in [2.75, 3.05) is 19.0 Å². The van der Waals surface area contributed by atoms with Crippen LogP contribution in [0.3, 0.4) is 0 Å². The Morgan fingerprint density at radius 1 is 1.07 bits per heavy atom. The van der Waals surface area contributed by atoms with Crippen molar-refractivity contribution in [2.45, 2.75) is 32.4 Å². The van der Waals surface area contributed by atoms with Gasteiger partial charge < -0.3 is 24.7 Å². The number of ether oxygens (including phenoxy) is 1. The van der Waals surface area contributed by atoms with Gasteiger partial charge in [-0.2, -0.15) is 0 Å². The Balaban J connectivity index is 1.39. The summed E-state index contributed by atoms with van der Waals surface area (Å²) >= 11 is 5.73. The van der Waals surface area contributed by atoms with Gasteiger partial charge in [-0.3, -0.25) is 9.78 Å². The lowest BCUT2D eigenvalue weighted by atomic mass is 10.0. The van der Waals surface area contributed by atoms with Crippen LogP contribution in [-0.4, -0.2) is 40.5 Å². The maximum atomic E-state index is 13.0. The van der Waals surface area contributed by atoms with Crippen LogP contribution in [0.15, 0.2) is 83.4 Å². The third-order valence-corrected chi connectivity index (χ3v) is 7.31. The zero-order valence-corrected chi connectivity index (χ0v) is 23.3. The van der Waals surface area contributed by atoms with Crippen LogP contribution in [0.1, 0.15) is 51.4 Å². The first-order valence-corrected chi connectivity index (χ1v) is 13.4. The number of carbonyl (C=O) groups is 2. The van der Waals surface area contributed by atoms with Gasteiger partial charge in [0.1, 0.15) is 17.6 Å². The van der Waals surface area contributed by atoms with Gasteiger partial charge in [0.25, 0.3) is 0 Å². The highest BCUT2D eigenvalue weighted by molar-refractivity contribution is 7.80. The van der Waals surface area contributed by atoms with E-state index in [1.807, 2.05) is 79.4 Å². The number of aryl methyl sites for hydroxylation is 2. The number of anilines is 1. The molecule has 1 aliphatic rings. The topological polar surface area (TPSA) is 96.7 Å². The molecule has 5 rings (SSSR count). The van der Waals surface area contributed by atoms with Crippen LogP contribution in [0.5, 0.6) is 0 Å². The Kier molecular flexibility index (Phi) is 7.93. The fourth-order valence-corrected chi connectivity index (χ4v) is 5.15. The summed E-state index contributed by atoms with van der Waals surface area (Å²) in [6, 6.07) is 22.0. The summed E-state index contributed by atoms with van der Waals surface area (Å²) in [7, 11) is 1.35. The van der Waals surface area contributed by atoms with E-state index < -0.39 is 5.97 Å². The van der Waals surface area contributed by atoms with Gasteiger partial charge in [-0.05, 0) is 79.7 Å². The molecule has 0 radical (unpaired) electrons. The average Bonchev–Trinajstić information content (AvgIpc) is 3.58. The zero-order valence-electron chi connectivity index (χ0n) is 22.5. The monoisotopic (exact) mass is 554 g/mol. The van der Waals surface area contributed by atoms with Crippen molar-refractivity contribution in [3.8, 4) is 11.3 Å². The molecule has 4 aromatic rings. The lowest BCUT2D eigenvalue weighted by Crippen LogP contribution is -2.32. The standard InChI is InChI=1S/C31H30N4O4S/c1-19-7-8-20(2)24(18-19)33-27(36)15-17-35-29(28(34-31(35)40)23-6-4-5-16-32-23)26-14-13-25(39-26)21-9-11-22(12-10-21)30(37)38-3/h4-14,16,18,28-29H,15,17H2,1-3H3,(H,33,36)(H,34,40)/t28-,29+/m1/s1. The first-order chi connectivity index (χ1) is 19.3. The fourth-order valence-electron chi connectivity index (χ4n) is 4.82. The van der Waals surface area contributed by atoms with Gasteiger partial charge >= 0.3 is 5.97 Å². The summed E-state index contributed by atoms with van der Waals surface area (Å²) in [5, 5.41) is 6.95. The van der Waals surface area contributed by atoms with Crippen LogP contribution < -0.4 is 10.6 Å². The minimum atomic E-state index is -0.396. The third-order valence-electron chi connectivity index (χ3n) is 6.95. The predicted molar refractivity (Wildman–Crippen MR) is 157 cm³/mol. The van der Waals surface area contributed by atoms with Crippen LogP contribution in [-0.2, 0) is 9.53 Å². The number of rotatable bonds is 8. The van der Waals surface area contributed by atoms with Crippen LogP contribution >= 0.6 is 12.2 Å². The number of hydrogen-bond donors (Lipinski definition) is 2. The number of amides is 1. The molecule has 9 heteroatoms. The largest absolute Gasteiger partial charge is 0.465 e. The second-order valence-corrected chi connectivity index (χ2v) is 10.1. The average molecular weight is 555 g/mol. The lowest BCUT2D eigenvalue weighted by molar-refractivity contribution is -0.116. The first-order valence-electron chi connectivity index (χ1n) is 13.0. The van der Waals surface area contributed by atoms with Crippen LogP contribution in [0, 0.1) is 13.8 Å². The highest BCUT2D eigenvalue weighted by atomic mass is 32.1. The predicted octanol–water partition coefficient (Wildman–Crippen LogP) is 5.75. The smallest absolute Gasteiger partial charge is 0.337 e. The molecule has 3 heterocycles. The highest BCUT2D eigenvalue weighted by Gasteiger charge is 2.41. The minimum absolute atomic E-state index is 0.0950. The van der Waals surface area contributed by atoms with E-state index in [0.717, 1.165) is 28.1 Å². The van der Waals surface area contributed by atoms with Crippen LogP contribution in [0.25, 0.3) is 11.3 Å². The molecule has 0 aliphatic carbocycles. The molecule has 2 N–H and O–H groups in total. The first kappa shape index (κ1) is 27.1. The summed E-state index contributed by atoms with van der Waals surface area (Å²) in [6.07, 6.45) is 1.98. The number of aromatic nitrogens is 1. The summed E-state index contributed by atoms with van der Waals surface area (Å²) in [4.78, 5) is 31.3. The molecule has 0 saturated carbocycles. The fraction of sp³-hybridized carbons (Fsp3) is 0.226. The second kappa shape index (κ2) is 11.7. The molecule has 0 spiro atoms. The Hall–Kier alpha value is -4.50. The molecule has 0 unspecified atom stereocenters. The van der Waals surface area contributed by atoms with E-state index in [-0.39, 0.29) is 24.4 Å². The number of nitrogens with zero attached hydrogens (tertiary/aromatic N) is 2. The number of furan rings is 1. The summed E-state index contributed by atoms with van der Waals surface area (Å²) < 4.78 is 11.1. The Labute approximate surface area is 238 Å². The molecule has 204 valence electrons. The summed E-state index contributed by atoms with van der Waals surface area (Å²) in [5.41, 5.74) is 5.00. The maximum Gasteiger partial charge on any atom is 0.337 e. The molecule has 1 fully saturated rings. The van der Waals surface area contributed by atoms with Crippen LogP contribution in [0.2, 0.25) is 0 Å². The molecule has 1 amide bonds. The van der Waals surface area contributed by atoms with E-state index in [1.165, 1.54) is 7.11 Å². The molecular weight excluding hydrogens is 524 g/mol. The number of nitrogens with one attached hydrogen (secondary N) is 2. The van der Waals surface area contributed by atoms with Crippen molar-refractivity contribution in [1.82, 2.24) is 15.2 Å². The van der Waals surface area contributed by atoms with E-state index in [4.69, 9.17) is 21.4 Å². The van der Waals surface area contributed by atoms with Gasteiger partial charge in [-0.15, -0.1) is 0 Å². The molecule has 2 aromatic heterocycles. The van der Waals surface area contributed by atoms with Gasteiger partial charge in [0.2, 0.25) is 5.91 Å². The number of methoxy groups -OCH3 is 1. The molecule has 2 aromatic carbocycles. The number of benzene rings is 2. The molecule has 1 saturated heterocycles. The number of carbonyl (C=O) groups excluding carboxylic acids is 2. The number of esters is 1. The van der Waals surface area contributed by atoms with E-state index >= 15 is 0 Å². The maximum absolute atomic E-state index is 13.0. The van der Waals surface area contributed by atoms with E-state index in [1.54, 1.807) is 18.3 Å². The summed E-state index contributed by atoms with van der Waals surface area (Å²) in [6.45, 7) is 4.36. The molecule has 0 bridgehead atoms. The van der Waals surface area contributed by atoms with Crippen molar-refractivity contribution in [3.63, 3.8) is 0 Å². The number of thiocarbonyl (C=S) groups is 1. The molecule has 8 nitrogen and oxygen atoms in total. The number of pyridine rings is 1. The van der Waals surface area contributed by atoms with E-state index in [0.29, 0.717) is 28.7 Å². The Bertz CT molecular complexity index is 1530. The van der Waals surface area contributed by atoms with Crippen molar-refractivity contribution in [2.24, 2.45) is 0 Å². The van der Waals surface area contributed by atoms with Gasteiger partial charge in [0.15, 0.2) is 5.11 Å². The Morgan fingerprint density at radius 2 is 1.88 bits per heavy atom. The van der Waals surface area contributed by atoms with Gasteiger partial charge in [0.05, 0.1) is 24.4 Å². The van der Waals surface area contributed by atoms with Crippen LogP contribution in [0.4, 0.5) is 5.69 Å². The third kappa shape index (κ3) is 5.74. The highest BCUT2D eigenvalue weighted by Crippen LogP contribution is 2.40. The van der Waals surface area contributed by atoms with Crippen molar-refractivity contribution in [1.29, 1.82) is 0 Å². The molecule has 40 heavy (non-hydrogen) atoms. The van der Waals surface area contributed by atoms with Gasteiger partial charge in [-0.25, -0.2) is 4.79 Å². The van der Waals surface area contributed by atoms with E-state index in [2.05, 4.69) is 15.6 Å². The summed E-state index contributed by atoms with van der Waals surface area (Å²) in [5.74, 6) is 0.844. The molecular formula is C31H30N4O4S. The SMILES string of the molecule is COC(=O)c1ccc(-c2ccc([C@H]3[C@@H](c4ccccn4)NC(=S)N3CCC(=O)Nc3cc(C)ccc3C)o2)cc1. The second-order valence-electron chi connectivity index (χ2n) is 9.71. The quantitative estimate of drug-likeness (QED) is 0.210. The van der Waals surface area contributed by atoms with Crippen molar-refractivity contribution >= 4 is 34.9 Å². The number of hydrogen-bond acceptors (Lipinski definition) is 6. The zero-order chi connectivity index (χ0) is 28.2. The Morgan fingerprint density at radius 3 is 2.60 bits per heavy atom. The van der Waals surface area contributed by atoms with Crippen molar-refractivity contribution in [3.05, 3.63) is 107 Å². The molecule has 1 aliphatic heterocycles. The normalized spacial score (nSPS) is 16.5. The minimum Gasteiger partial charge on any atom is -0.465 e. The van der Waals surface area contributed by atoms with Gasteiger partial charge in [-0.1, -0.05) is 30.3 Å². The van der Waals surface area contributed by atoms with E-state index in [9.17, 15) is 9.59 Å². The lowest BCUT2D eigenvalue weighted by Gasteiger charge is -2.26. The van der Waals surface area contributed by atoms with Gasteiger partial charge in [0, 0.05) is 30.4 Å². The molecule has 2 atom stereocenters. The van der Waals surface area contributed by atoms with Crippen molar-refractivity contribution < 1.29 is 18.7 Å².